The van der Waals surface area contributed by atoms with Gasteiger partial charge in [-0.3, -0.25) is 10.1 Å². The molecule has 0 spiro atoms. The van der Waals surface area contributed by atoms with E-state index < -0.39 is 19.1 Å². The van der Waals surface area contributed by atoms with E-state index in [1.54, 1.807) is 42.7 Å². The van der Waals surface area contributed by atoms with Crippen LogP contribution in [0.5, 0.6) is 0 Å². The van der Waals surface area contributed by atoms with Crippen molar-refractivity contribution in [3.05, 3.63) is 77.1 Å². The molecule has 0 radical (unpaired) electrons. The molecule has 1 unspecified atom stereocenters. The number of nitrogens with one attached hydrogen (secondary N) is 1. The third-order valence-corrected chi connectivity index (χ3v) is 5.85. The van der Waals surface area contributed by atoms with Gasteiger partial charge < -0.3 is 0 Å². The first-order chi connectivity index (χ1) is 13.7. The Morgan fingerprint density at radius 2 is 1.97 bits per heavy atom. The zero-order valence-electron chi connectivity index (χ0n) is 15.1. The van der Waals surface area contributed by atoms with E-state index in [9.17, 15) is 22.7 Å². The van der Waals surface area contributed by atoms with E-state index in [1.807, 2.05) is 0 Å². The topological polar surface area (TPSA) is 157 Å². The molecule has 152 valence electrons. The van der Waals surface area contributed by atoms with Crippen LogP contribution in [-0.2, 0) is 12.4 Å². The summed E-state index contributed by atoms with van der Waals surface area (Å²) >= 11 is -4.83. The number of carbonyl (C=O) groups excluding carboxylic acids is 1. The summed E-state index contributed by atoms with van der Waals surface area (Å²) in [5.41, 5.74) is 0.895. The van der Waals surface area contributed by atoms with E-state index in [-0.39, 0.29) is 15.9 Å². The minimum atomic E-state index is -4.83. The second-order valence-corrected chi connectivity index (χ2v) is 9.14. The van der Waals surface area contributed by atoms with Crippen molar-refractivity contribution in [3.63, 3.8) is 0 Å². The van der Waals surface area contributed by atoms with Crippen molar-refractivity contribution in [2.24, 2.45) is 0 Å². The minimum Gasteiger partial charge on any atom is -0.258 e. The number of amides is 1. The number of para-hydroxylation sites is 2. The van der Waals surface area contributed by atoms with Crippen molar-refractivity contribution in [3.8, 4) is 5.69 Å². The van der Waals surface area contributed by atoms with Crippen LogP contribution in [0, 0.1) is 10.1 Å². The summed E-state index contributed by atoms with van der Waals surface area (Å²) in [5.74, 6) is -0.294. The van der Waals surface area contributed by atoms with Crippen LogP contribution in [0.3, 0.4) is 0 Å². The molecule has 0 fully saturated rings. The molecule has 0 aliphatic rings. The smallest absolute Gasteiger partial charge is 0.258 e. The zero-order valence-corrected chi connectivity index (χ0v) is 17.0. The maximum absolute atomic E-state index is 11.3. The van der Waals surface area contributed by atoms with Crippen molar-refractivity contribution in [2.45, 2.75) is 6.92 Å². The first kappa shape index (κ1) is 22.1. The van der Waals surface area contributed by atoms with E-state index in [4.69, 9.17) is 5.26 Å². The second-order valence-electron chi connectivity index (χ2n) is 5.53. The molecule has 29 heavy (non-hydrogen) atoms. The van der Waals surface area contributed by atoms with E-state index in [0.717, 1.165) is 0 Å². The van der Waals surface area contributed by atoms with Crippen LogP contribution in [0.4, 0.5) is 11.4 Å². The molecule has 0 aliphatic carbocycles. The predicted octanol–water partition coefficient (Wildman–Crippen LogP) is 1.48. The standard InChI is InChI=1S/C9H7N3O2.C8H10AsNO5/c13-12(14)9-5-2-1-4-8(9)11-7-3-6-10-11;1-6(11)10-8-4-2-3-7(5-8)9(12,13)15-14/h1-7H;2-5,14H,1H3,(H,10,11)(H,12,13). The van der Waals surface area contributed by atoms with Crippen LogP contribution in [-0.4, -0.2) is 44.1 Å². The summed E-state index contributed by atoms with van der Waals surface area (Å²) < 4.78 is 25.4. The van der Waals surface area contributed by atoms with Crippen molar-refractivity contribution in [1.29, 1.82) is 0 Å². The molecular formula is C17H17AsN4O7. The molecular weight excluding hydrogens is 447 g/mol. The van der Waals surface area contributed by atoms with Crippen LogP contribution in [0.2, 0.25) is 0 Å². The molecule has 12 heteroatoms. The summed E-state index contributed by atoms with van der Waals surface area (Å²) in [6.45, 7) is 1.32. The number of aromatic nitrogens is 2. The van der Waals surface area contributed by atoms with E-state index in [0.29, 0.717) is 11.4 Å². The Morgan fingerprint density at radius 3 is 2.55 bits per heavy atom. The van der Waals surface area contributed by atoms with Gasteiger partial charge in [-0.2, -0.15) is 5.10 Å². The van der Waals surface area contributed by atoms with Gasteiger partial charge in [0.1, 0.15) is 5.69 Å². The van der Waals surface area contributed by atoms with Gasteiger partial charge in [-0.05, 0) is 12.1 Å². The fraction of sp³-hybridized carbons (Fsp3) is 0.0588. The third kappa shape index (κ3) is 6.12. The van der Waals surface area contributed by atoms with E-state index in [2.05, 4.69) is 14.3 Å². The number of nitro benzene ring substituents is 1. The third-order valence-electron chi connectivity index (χ3n) is 3.43. The van der Waals surface area contributed by atoms with Crippen molar-refractivity contribution >= 4 is 35.8 Å². The second kappa shape index (κ2) is 9.80. The Labute approximate surface area is 167 Å². The largest absolute Gasteiger partial charge is 0.294 e. The minimum absolute atomic E-state index is 0.0399. The molecule has 0 bridgehead atoms. The van der Waals surface area contributed by atoms with Crippen LogP contribution < -0.4 is 9.67 Å². The number of benzene rings is 2. The fourth-order valence-corrected chi connectivity index (χ4v) is 3.64. The monoisotopic (exact) mass is 464 g/mol. The molecule has 0 aliphatic heterocycles. The van der Waals surface area contributed by atoms with Gasteiger partial charge in [0.2, 0.25) is 0 Å². The SMILES string of the molecule is CC(=O)Nc1cccc([As](=O)(O)OO)c1.O=[N+]([O-])c1ccccc1-n1cccn1. The summed E-state index contributed by atoms with van der Waals surface area (Å²) in [5, 5.41) is 25.3. The van der Waals surface area contributed by atoms with Crippen LogP contribution in [0.1, 0.15) is 6.92 Å². The maximum atomic E-state index is 11.3. The van der Waals surface area contributed by atoms with Crippen LogP contribution >= 0.6 is 0 Å². The summed E-state index contributed by atoms with van der Waals surface area (Å²) in [6, 6.07) is 13.8. The average molecular weight is 464 g/mol. The van der Waals surface area contributed by atoms with Gasteiger partial charge in [0.15, 0.2) is 0 Å². The number of carbonyl (C=O) groups is 1. The molecule has 2 aromatic carbocycles. The fourth-order valence-electron chi connectivity index (χ4n) is 2.23. The molecule has 3 N–H and O–H groups in total. The molecule has 3 aromatic rings. The van der Waals surface area contributed by atoms with Crippen molar-refractivity contribution < 1.29 is 26.7 Å². The van der Waals surface area contributed by atoms with Crippen molar-refractivity contribution in [2.75, 3.05) is 5.32 Å². The van der Waals surface area contributed by atoms with Crippen LogP contribution in [0.15, 0.2) is 67.0 Å². The van der Waals surface area contributed by atoms with Gasteiger partial charge in [0.05, 0.1) is 4.92 Å². The summed E-state index contributed by atoms with van der Waals surface area (Å²) in [7, 11) is 0. The summed E-state index contributed by atoms with van der Waals surface area (Å²) in [4.78, 5) is 21.0. The Kier molecular flexibility index (Phi) is 7.45. The molecule has 11 nitrogen and oxygen atoms in total. The number of nitro groups is 1. The Hall–Kier alpha value is -3.24. The molecule has 1 aromatic heterocycles. The summed E-state index contributed by atoms with van der Waals surface area (Å²) in [6.07, 6.45) is 3.25. The molecule has 0 saturated carbocycles. The van der Waals surface area contributed by atoms with Gasteiger partial charge >= 0.3 is 88.4 Å². The van der Waals surface area contributed by atoms with Gasteiger partial charge in [0, 0.05) is 18.5 Å². The van der Waals surface area contributed by atoms with Gasteiger partial charge in [-0.1, -0.05) is 12.1 Å². The first-order valence-electron chi connectivity index (χ1n) is 8.02. The Morgan fingerprint density at radius 1 is 1.24 bits per heavy atom. The maximum Gasteiger partial charge on any atom is 0.294 e. The van der Waals surface area contributed by atoms with Gasteiger partial charge in [-0.15, -0.1) is 0 Å². The molecule has 1 heterocycles. The van der Waals surface area contributed by atoms with Crippen molar-refractivity contribution in [1.82, 2.24) is 9.78 Å². The number of anilines is 1. The predicted molar refractivity (Wildman–Crippen MR) is 103 cm³/mol. The normalized spacial score (nSPS) is 12.2. The number of hydrogen-bond donors (Lipinski definition) is 3. The average Bonchev–Trinajstić information content (AvgIpc) is 3.23. The van der Waals surface area contributed by atoms with E-state index >= 15 is 0 Å². The quantitative estimate of drug-likeness (QED) is 0.222. The number of hydrogen-bond acceptors (Lipinski definition) is 7. The Balaban J connectivity index is 0.000000207. The molecule has 0 saturated heterocycles. The van der Waals surface area contributed by atoms with Crippen LogP contribution in [0.25, 0.3) is 5.69 Å². The number of nitrogens with zero attached hydrogens (tertiary/aromatic N) is 3. The molecule has 1 atom stereocenters. The van der Waals surface area contributed by atoms with Gasteiger partial charge in [-0.25, -0.2) is 4.68 Å². The zero-order chi connectivity index (χ0) is 21.4. The molecule has 3 rings (SSSR count). The number of rotatable bonds is 5. The molecule has 1 amide bonds. The first-order valence-corrected chi connectivity index (χ1v) is 11.3. The van der Waals surface area contributed by atoms with E-state index in [1.165, 1.54) is 35.9 Å². The van der Waals surface area contributed by atoms with Gasteiger partial charge in [0.25, 0.3) is 5.69 Å². The Bertz CT molecular complexity index is 1040.